The lowest BCUT2D eigenvalue weighted by Gasteiger charge is -2.37. The summed E-state index contributed by atoms with van der Waals surface area (Å²) in [5.41, 5.74) is 4.96. The highest BCUT2D eigenvalue weighted by Crippen LogP contribution is 2.36. The van der Waals surface area contributed by atoms with Crippen LogP contribution in [0.1, 0.15) is 20.8 Å². The van der Waals surface area contributed by atoms with E-state index in [4.69, 9.17) is 14.9 Å². The van der Waals surface area contributed by atoms with Crippen molar-refractivity contribution in [3.63, 3.8) is 0 Å². The van der Waals surface area contributed by atoms with Crippen LogP contribution in [-0.2, 0) is 9.16 Å². The summed E-state index contributed by atoms with van der Waals surface area (Å²) in [7, 11) is -1.95. The van der Waals surface area contributed by atoms with Gasteiger partial charge in [-0.25, -0.2) is 4.79 Å². The van der Waals surface area contributed by atoms with Crippen LogP contribution in [0.5, 0.6) is 0 Å². The molecule has 0 saturated carbocycles. The maximum atomic E-state index is 10.8. The van der Waals surface area contributed by atoms with Crippen LogP contribution in [0.2, 0.25) is 18.1 Å². The minimum absolute atomic E-state index is 0.0450. The maximum Gasteiger partial charge on any atom is 0.404 e. The summed E-state index contributed by atoms with van der Waals surface area (Å²) in [6.07, 6.45) is -1.43. The van der Waals surface area contributed by atoms with Gasteiger partial charge in [0.25, 0.3) is 0 Å². The normalized spacial score (nSPS) is 15.9. The number of amides is 1. The number of rotatable bonds is 6. The standard InChI is InChI=1S/C12H25NO4Si/c1-7-9(14)10(17-11(13)15)8-16-18(5,6)12(2,3)4/h7,9-10,14H,1,8H2,2-6H3,(H2,13,15)/t9-,10+/m1/s1. The number of carbonyl (C=O) groups excluding carboxylic acids is 1. The number of hydrogen-bond acceptors (Lipinski definition) is 4. The molecule has 0 bridgehead atoms. The van der Waals surface area contributed by atoms with E-state index in [1.165, 1.54) is 6.08 Å². The number of aliphatic hydroxyl groups is 1. The zero-order valence-corrected chi connectivity index (χ0v) is 12.9. The molecule has 1 amide bonds. The molecule has 18 heavy (non-hydrogen) atoms. The van der Waals surface area contributed by atoms with Crippen molar-refractivity contribution in [2.45, 2.75) is 51.1 Å². The van der Waals surface area contributed by atoms with Gasteiger partial charge in [-0.2, -0.15) is 0 Å². The molecule has 6 heteroatoms. The van der Waals surface area contributed by atoms with E-state index in [1.54, 1.807) is 0 Å². The Balaban J connectivity index is 4.61. The molecule has 3 N–H and O–H groups in total. The van der Waals surface area contributed by atoms with Crippen LogP contribution in [0, 0.1) is 0 Å². The highest BCUT2D eigenvalue weighted by molar-refractivity contribution is 6.74. The second-order valence-electron chi connectivity index (χ2n) is 5.77. The first-order valence-corrected chi connectivity index (χ1v) is 8.83. The van der Waals surface area contributed by atoms with E-state index in [-0.39, 0.29) is 11.6 Å². The van der Waals surface area contributed by atoms with Gasteiger partial charge >= 0.3 is 6.09 Å². The summed E-state index contributed by atoms with van der Waals surface area (Å²) in [6, 6.07) is 0. The summed E-state index contributed by atoms with van der Waals surface area (Å²) in [5, 5.41) is 9.70. The minimum atomic E-state index is -1.95. The third kappa shape index (κ3) is 5.20. The fourth-order valence-corrected chi connectivity index (χ4v) is 2.02. The summed E-state index contributed by atoms with van der Waals surface area (Å²) < 4.78 is 10.7. The molecule has 0 aliphatic rings. The van der Waals surface area contributed by atoms with Gasteiger partial charge in [-0.05, 0) is 18.1 Å². The summed E-state index contributed by atoms with van der Waals surface area (Å²) >= 11 is 0. The average molecular weight is 275 g/mol. The third-order valence-electron chi connectivity index (χ3n) is 3.30. The van der Waals surface area contributed by atoms with Crippen molar-refractivity contribution < 1.29 is 19.1 Å². The molecular formula is C12H25NO4Si. The zero-order chi connectivity index (χ0) is 14.6. The summed E-state index contributed by atoms with van der Waals surface area (Å²) in [4.78, 5) is 10.8. The van der Waals surface area contributed by atoms with E-state index < -0.39 is 26.6 Å². The Morgan fingerprint density at radius 3 is 2.33 bits per heavy atom. The van der Waals surface area contributed by atoms with Gasteiger partial charge in [-0.3, -0.25) is 0 Å². The molecule has 0 saturated heterocycles. The molecule has 0 unspecified atom stereocenters. The molecule has 0 spiro atoms. The molecule has 5 nitrogen and oxygen atoms in total. The van der Waals surface area contributed by atoms with E-state index >= 15 is 0 Å². The van der Waals surface area contributed by atoms with Gasteiger partial charge < -0.3 is 20.0 Å². The van der Waals surface area contributed by atoms with E-state index in [9.17, 15) is 9.90 Å². The highest BCUT2D eigenvalue weighted by atomic mass is 28.4. The van der Waals surface area contributed by atoms with Crippen molar-refractivity contribution in [3.8, 4) is 0 Å². The lowest BCUT2D eigenvalue weighted by molar-refractivity contribution is 0.000426. The van der Waals surface area contributed by atoms with Crippen molar-refractivity contribution in [2.75, 3.05) is 6.61 Å². The van der Waals surface area contributed by atoms with Crippen molar-refractivity contribution in [1.29, 1.82) is 0 Å². The number of nitrogens with two attached hydrogens (primary N) is 1. The molecule has 0 aliphatic carbocycles. The predicted molar refractivity (Wildman–Crippen MR) is 73.8 cm³/mol. The Bertz CT molecular complexity index is 299. The molecule has 2 atom stereocenters. The lowest BCUT2D eigenvalue weighted by Crippen LogP contribution is -2.45. The van der Waals surface area contributed by atoms with Gasteiger partial charge in [0, 0.05) is 0 Å². The zero-order valence-electron chi connectivity index (χ0n) is 11.9. The largest absolute Gasteiger partial charge is 0.441 e. The van der Waals surface area contributed by atoms with Crippen molar-refractivity contribution in [3.05, 3.63) is 12.7 Å². The van der Waals surface area contributed by atoms with Crippen LogP contribution in [0.4, 0.5) is 4.79 Å². The van der Waals surface area contributed by atoms with Gasteiger partial charge in [0.15, 0.2) is 14.4 Å². The van der Waals surface area contributed by atoms with Crippen LogP contribution in [-0.4, -0.2) is 38.3 Å². The van der Waals surface area contributed by atoms with E-state index in [0.29, 0.717) is 0 Å². The molecule has 0 aromatic heterocycles. The van der Waals surface area contributed by atoms with Gasteiger partial charge in [0.1, 0.15) is 6.10 Å². The molecule has 0 fully saturated rings. The van der Waals surface area contributed by atoms with E-state index in [1.807, 2.05) is 0 Å². The number of ether oxygens (including phenoxy) is 1. The molecule has 0 aromatic rings. The third-order valence-corrected chi connectivity index (χ3v) is 7.81. The fraction of sp³-hybridized carbons (Fsp3) is 0.750. The quantitative estimate of drug-likeness (QED) is 0.574. The smallest absolute Gasteiger partial charge is 0.404 e. The SMILES string of the molecule is C=C[C@@H](O)[C@H](CO[Si](C)(C)C(C)(C)C)OC(N)=O. The van der Waals surface area contributed by atoms with Gasteiger partial charge in [-0.1, -0.05) is 26.8 Å². The van der Waals surface area contributed by atoms with Crippen molar-refractivity contribution in [2.24, 2.45) is 5.73 Å². The monoisotopic (exact) mass is 275 g/mol. The van der Waals surface area contributed by atoms with Crippen LogP contribution < -0.4 is 5.73 Å². The number of carbonyl (C=O) groups is 1. The van der Waals surface area contributed by atoms with Crippen LogP contribution in [0.25, 0.3) is 0 Å². The Labute approximate surface area is 110 Å². The van der Waals surface area contributed by atoms with Gasteiger partial charge in [0.2, 0.25) is 0 Å². The average Bonchev–Trinajstić information content (AvgIpc) is 2.21. The first-order chi connectivity index (χ1) is 8.01. The van der Waals surface area contributed by atoms with E-state index in [0.717, 1.165) is 0 Å². The molecule has 0 aliphatic heterocycles. The molecule has 0 aromatic carbocycles. The van der Waals surface area contributed by atoms with Gasteiger partial charge in [0.05, 0.1) is 6.61 Å². The summed E-state index contributed by atoms with van der Waals surface area (Å²) in [6.45, 7) is 14.0. The fourth-order valence-electron chi connectivity index (χ4n) is 1.01. The lowest BCUT2D eigenvalue weighted by atomic mass is 10.2. The second-order valence-corrected chi connectivity index (χ2v) is 10.6. The van der Waals surface area contributed by atoms with Crippen LogP contribution in [0.3, 0.4) is 0 Å². The highest BCUT2D eigenvalue weighted by Gasteiger charge is 2.38. The Hall–Kier alpha value is -0.853. The van der Waals surface area contributed by atoms with Crippen molar-refractivity contribution in [1.82, 2.24) is 0 Å². The second kappa shape index (κ2) is 6.35. The Morgan fingerprint density at radius 2 is 2.00 bits per heavy atom. The minimum Gasteiger partial charge on any atom is -0.441 e. The van der Waals surface area contributed by atoms with E-state index in [2.05, 4.69) is 40.4 Å². The number of primary amides is 1. The molecule has 0 heterocycles. The molecule has 106 valence electrons. The maximum absolute atomic E-state index is 10.8. The first-order valence-electron chi connectivity index (χ1n) is 5.92. The molecule has 0 radical (unpaired) electrons. The number of aliphatic hydroxyl groups excluding tert-OH is 1. The predicted octanol–water partition coefficient (Wildman–Crippen LogP) is 2.02. The topological polar surface area (TPSA) is 81.8 Å². The Morgan fingerprint density at radius 1 is 1.50 bits per heavy atom. The summed E-state index contributed by atoms with van der Waals surface area (Å²) in [5.74, 6) is 0. The first kappa shape index (κ1) is 17.1. The molecular weight excluding hydrogens is 250 g/mol. The van der Waals surface area contributed by atoms with Crippen LogP contribution >= 0.6 is 0 Å². The van der Waals surface area contributed by atoms with Crippen LogP contribution in [0.15, 0.2) is 12.7 Å². The van der Waals surface area contributed by atoms with Crippen molar-refractivity contribution >= 4 is 14.4 Å². The Kier molecular flexibility index (Phi) is 6.05. The van der Waals surface area contributed by atoms with Gasteiger partial charge in [-0.15, -0.1) is 6.58 Å². The molecule has 0 rings (SSSR count). The number of hydrogen-bond donors (Lipinski definition) is 2.